The van der Waals surface area contributed by atoms with Crippen LogP contribution < -0.4 is 5.73 Å². The fraction of sp³-hybridized carbons (Fsp3) is 0.900. The molecule has 3 unspecified atom stereocenters. The molecule has 0 bridgehead atoms. The SMILES string of the molecule is N=C(N)CC1CC2CCCCC2O1. The zero-order valence-electron chi connectivity index (χ0n) is 7.96. The van der Waals surface area contributed by atoms with Gasteiger partial charge in [0, 0.05) is 6.42 Å². The maximum absolute atomic E-state index is 7.22. The first-order valence-electron chi connectivity index (χ1n) is 5.24. The maximum Gasteiger partial charge on any atom is 0.0931 e. The van der Waals surface area contributed by atoms with E-state index in [4.69, 9.17) is 15.9 Å². The fourth-order valence-corrected chi connectivity index (χ4v) is 2.64. The van der Waals surface area contributed by atoms with Crippen LogP contribution in [0.4, 0.5) is 0 Å². The van der Waals surface area contributed by atoms with Crippen LogP contribution in [-0.2, 0) is 4.74 Å². The zero-order chi connectivity index (χ0) is 9.26. The number of ether oxygens (including phenoxy) is 1. The summed E-state index contributed by atoms with van der Waals surface area (Å²) in [6.07, 6.45) is 7.70. The molecule has 13 heavy (non-hydrogen) atoms. The molecular formula is C10H18N2O. The number of nitrogens with one attached hydrogen (secondary N) is 1. The second kappa shape index (κ2) is 3.66. The molecule has 2 rings (SSSR count). The average Bonchev–Trinajstić information content (AvgIpc) is 2.44. The van der Waals surface area contributed by atoms with E-state index in [2.05, 4.69) is 0 Å². The topological polar surface area (TPSA) is 59.1 Å². The highest BCUT2D eigenvalue weighted by Crippen LogP contribution is 2.38. The van der Waals surface area contributed by atoms with Crippen molar-refractivity contribution < 1.29 is 4.74 Å². The molecule has 74 valence electrons. The van der Waals surface area contributed by atoms with Crippen LogP contribution in [0.5, 0.6) is 0 Å². The molecule has 1 aliphatic carbocycles. The van der Waals surface area contributed by atoms with Crippen molar-refractivity contribution in [1.29, 1.82) is 5.41 Å². The van der Waals surface area contributed by atoms with Gasteiger partial charge in [0.25, 0.3) is 0 Å². The highest BCUT2D eigenvalue weighted by atomic mass is 16.5. The summed E-state index contributed by atoms with van der Waals surface area (Å²) in [5.41, 5.74) is 5.36. The lowest BCUT2D eigenvalue weighted by Gasteiger charge is -2.23. The van der Waals surface area contributed by atoms with Crippen molar-refractivity contribution in [1.82, 2.24) is 0 Å². The van der Waals surface area contributed by atoms with Crippen LogP contribution in [0.1, 0.15) is 38.5 Å². The largest absolute Gasteiger partial charge is 0.388 e. The van der Waals surface area contributed by atoms with Gasteiger partial charge < -0.3 is 10.5 Å². The molecule has 0 amide bonds. The summed E-state index contributed by atoms with van der Waals surface area (Å²) in [7, 11) is 0. The molecule has 0 spiro atoms. The monoisotopic (exact) mass is 182 g/mol. The molecular weight excluding hydrogens is 164 g/mol. The number of hydrogen-bond acceptors (Lipinski definition) is 2. The van der Waals surface area contributed by atoms with Gasteiger partial charge in [-0.15, -0.1) is 0 Å². The number of fused-ring (bicyclic) bond motifs is 1. The van der Waals surface area contributed by atoms with Crippen molar-refractivity contribution in [3.63, 3.8) is 0 Å². The molecule has 0 aromatic rings. The minimum atomic E-state index is 0.241. The van der Waals surface area contributed by atoms with Crippen LogP contribution in [0.15, 0.2) is 0 Å². The van der Waals surface area contributed by atoms with Gasteiger partial charge in [0.1, 0.15) is 0 Å². The van der Waals surface area contributed by atoms with Crippen molar-refractivity contribution in [2.24, 2.45) is 11.7 Å². The summed E-state index contributed by atoms with van der Waals surface area (Å²) in [4.78, 5) is 0. The smallest absolute Gasteiger partial charge is 0.0931 e. The molecule has 3 N–H and O–H groups in total. The lowest BCUT2D eigenvalue weighted by Crippen LogP contribution is -2.21. The van der Waals surface area contributed by atoms with Crippen LogP contribution in [0.2, 0.25) is 0 Å². The highest BCUT2D eigenvalue weighted by molar-refractivity contribution is 5.77. The Labute approximate surface area is 79.2 Å². The second-order valence-electron chi connectivity index (χ2n) is 4.31. The fourth-order valence-electron chi connectivity index (χ4n) is 2.64. The molecule has 3 nitrogen and oxygen atoms in total. The average molecular weight is 182 g/mol. The van der Waals surface area contributed by atoms with Gasteiger partial charge in [-0.05, 0) is 25.2 Å². The van der Waals surface area contributed by atoms with Crippen LogP contribution in [0, 0.1) is 11.3 Å². The van der Waals surface area contributed by atoms with E-state index in [1.807, 2.05) is 0 Å². The Morgan fingerprint density at radius 3 is 2.85 bits per heavy atom. The molecule has 0 aromatic heterocycles. The summed E-state index contributed by atoms with van der Waals surface area (Å²) in [6, 6.07) is 0. The van der Waals surface area contributed by atoms with Gasteiger partial charge in [0.2, 0.25) is 0 Å². The van der Waals surface area contributed by atoms with Gasteiger partial charge >= 0.3 is 0 Å². The van der Waals surface area contributed by atoms with Crippen molar-refractivity contribution >= 4 is 5.84 Å². The minimum absolute atomic E-state index is 0.241. The van der Waals surface area contributed by atoms with Gasteiger partial charge in [-0.3, -0.25) is 5.41 Å². The van der Waals surface area contributed by atoms with E-state index >= 15 is 0 Å². The van der Waals surface area contributed by atoms with Crippen molar-refractivity contribution in [3.05, 3.63) is 0 Å². The van der Waals surface area contributed by atoms with Gasteiger partial charge in [0.15, 0.2) is 0 Å². The van der Waals surface area contributed by atoms with Crippen molar-refractivity contribution in [3.8, 4) is 0 Å². The van der Waals surface area contributed by atoms with Crippen molar-refractivity contribution in [2.45, 2.75) is 50.7 Å². The third-order valence-corrected chi connectivity index (χ3v) is 3.22. The number of nitrogens with two attached hydrogens (primary N) is 1. The summed E-state index contributed by atoms with van der Waals surface area (Å²) in [5, 5.41) is 7.22. The standard InChI is InChI=1S/C10H18N2O/c11-10(12)6-8-5-7-3-1-2-4-9(7)13-8/h7-9H,1-6H2,(H3,11,12). The summed E-state index contributed by atoms with van der Waals surface area (Å²) in [5.74, 6) is 1.03. The Hall–Kier alpha value is -0.570. The number of rotatable bonds is 2. The molecule has 0 radical (unpaired) electrons. The quantitative estimate of drug-likeness (QED) is 0.504. The van der Waals surface area contributed by atoms with Gasteiger partial charge in [-0.25, -0.2) is 0 Å². The lowest BCUT2D eigenvalue weighted by atomic mass is 9.85. The van der Waals surface area contributed by atoms with E-state index < -0.39 is 0 Å². The Morgan fingerprint density at radius 1 is 1.38 bits per heavy atom. The van der Waals surface area contributed by atoms with E-state index in [0.29, 0.717) is 12.5 Å². The molecule has 2 fully saturated rings. The van der Waals surface area contributed by atoms with Crippen LogP contribution in [0.3, 0.4) is 0 Å². The van der Waals surface area contributed by atoms with E-state index in [-0.39, 0.29) is 11.9 Å². The molecule has 1 saturated heterocycles. The zero-order valence-corrected chi connectivity index (χ0v) is 7.96. The Bertz CT molecular complexity index is 191. The predicted molar refractivity (Wildman–Crippen MR) is 51.8 cm³/mol. The first-order valence-corrected chi connectivity index (χ1v) is 5.24. The van der Waals surface area contributed by atoms with E-state index in [1.54, 1.807) is 0 Å². The predicted octanol–water partition coefficient (Wildman–Crippen LogP) is 1.66. The van der Waals surface area contributed by atoms with E-state index in [0.717, 1.165) is 12.3 Å². The molecule has 3 atom stereocenters. The molecule has 0 aromatic carbocycles. The normalized spacial score (nSPS) is 38.6. The van der Waals surface area contributed by atoms with E-state index in [9.17, 15) is 0 Å². The lowest BCUT2D eigenvalue weighted by molar-refractivity contribution is 0.0222. The van der Waals surface area contributed by atoms with Gasteiger partial charge in [-0.1, -0.05) is 12.8 Å². The molecule has 1 saturated carbocycles. The Morgan fingerprint density at radius 2 is 2.15 bits per heavy atom. The maximum atomic E-state index is 7.22. The van der Waals surface area contributed by atoms with Crippen LogP contribution in [0.25, 0.3) is 0 Å². The number of amidine groups is 1. The highest BCUT2D eigenvalue weighted by Gasteiger charge is 2.36. The first kappa shape index (κ1) is 9.00. The second-order valence-corrected chi connectivity index (χ2v) is 4.31. The third-order valence-electron chi connectivity index (χ3n) is 3.22. The van der Waals surface area contributed by atoms with Crippen LogP contribution in [-0.4, -0.2) is 18.0 Å². The number of hydrogen-bond donors (Lipinski definition) is 2. The molecule has 3 heteroatoms. The molecule has 2 aliphatic rings. The van der Waals surface area contributed by atoms with Crippen molar-refractivity contribution in [2.75, 3.05) is 0 Å². The Kier molecular flexibility index (Phi) is 2.54. The molecule has 1 aliphatic heterocycles. The first-order chi connectivity index (χ1) is 6.25. The van der Waals surface area contributed by atoms with Crippen LogP contribution >= 0.6 is 0 Å². The van der Waals surface area contributed by atoms with E-state index in [1.165, 1.54) is 25.7 Å². The summed E-state index contributed by atoms with van der Waals surface area (Å²) < 4.78 is 5.86. The van der Waals surface area contributed by atoms with Gasteiger partial charge in [-0.2, -0.15) is 0 Å². The van der Waals surface area contributed by atoms with Gasteiger partial charge in [0.05, 0.1) is 18.0 Å². The minimum Gasteiger partial charge on any atom is -0.388 e. The Balaban J connectivity index is 1.87. The summed E-state index contributed by atoms with van der Waals surface area (Å²) in [6.45, 7) is 0. The molecule has 1 heterocycles. The summed E-state index contributed by atoms with van der Waals surface area (Å²) >= 11 is 0. The third kappa shape index (κ3) is 2.02.